The van der Waals surface area contributed by atoms with Crippen LogP contribution in [0.4, 0.5) is 5.13 Å². The highest BCUT2D eigenvalue weighted by atomic mass is 32.1. The Morgan fingerprint density at radius 3 is 2.52 bits per heavy atom. The number of hydrogen-bond donors (Lipinski definition) is 2. The zero-order chi connectivity index (χ0) is 15.5. The molecular formula is C15H19N3O2S. The van der Waals surface area contributed by atoms with Crippen molar-refractivity contribution in [2.24, 2.45) is 0 Å². The number of nitrogens with zero attached hydrogens (tertiary/aromatic N) is 2. The predicted molar refractivity (Wildman–Crippen MR) is 83.9 cm³/mol. The zero-order valence-corrected chi connectivity index (χ0v) is 13.1. The van der Waals surface area contributed by atoms with E-state index in [1.165, 1.54) is 11.5 Å². The van der Waals surface area contributed by atoms with Gasteiger partial charge in [0.25, 0.3) is 0 Å². The Bertz CT molecular complexity index is 605. The van der Waals surface area contributed by atoms with E-state index >= 15 is 0 Å². The molecule has 0 aliphatic carbocycles. The van der Waals surface area contributed by atoms with E-state index in [0.29, 0.717) is 5.13 Å². The molecular weight excluding hydrogens is 286 g/mol. The summed E-state index contributed by atoms with van der Waals surface area (Å²) in [6.45, 7) is 6.42. The van der Waals surface area contributed by atoms with Gasteiger partial charge in [0.15, 0.2) is 0 Å². The monoisotopic (exact) mass is 305 g/mol. The first-order valence-electron chi connectivity index (χ1n) is 6.74. The largest absolute Gasteiger partial charge is 0.481 e. The highest BCUT2D eigenvalue weighted by Crippen LogP contribution is 2.24. The summed E-state index contributed by atoms with van der Waals surface area (Å²) in [5, 5.41) is 13.1. The summed E-state index contributed by atoms with van der Waals surface area (Å²) in [5.41, 5.74) is 0.667. The summed E-state index contributed by atoms with van der Waals surface area (Å²) < 4.78 is 4.30. The average molecular weight is 305 g/mol. The average Bonchev–Trinajstić information content (AvgIpc) is 2.88. The first kappa shape index (κ1) is 15.4. The van der Waals surface area contributed by atoms with Gasteiger partial charge >= 0.3 is 5.97 Å². The van der Waals surface area contributed by atoms with Crippen LogP contribution in [0.15, 0.2) is 30.3 Å². The molecule has 1 heterocycles. The second-order valence-corrected chi connectivity index (χ2v) is 6.61. The van der Waals surface area contributed by atoms with Gasteiger partial charge < -0.3 is 10.4 Å². The van der Waals surface area contributed by atoms with E-state index in [2.05, 4.69) is 14.7 Å². The van der Waals surface area contributed by atoms with Crippen LogP contribution < -0.4 is 5.32 Å². The van der Waals surface area contributed by atoms with Crippen LogP contribution in [0, 0.1) is 0 Å². The number of nitrogens with one attached hydrogen (secondary N) is 1. The van der Waals surface area contributed by atoms with E-state index in [1.807, 2.05) is 51.1 Å². The van der Waals surface area contributed by atoms with E-state index < -0.39 is 11.9 Å². The van der Waals surface area contributed by atoms with Gasteiger partial charge in [0.2, 0.25) is 5.13 Å². The molecule has 0 amide bonds. The fourth-order valence-corrected chi connectivity index (χ4v) is 2.59. The normalized spacial score (nSPS) is 12.9. The van der Waals surface area contributed by atoms with Crippen LogP contribution in [0.25, 0.3) is 0 Å². The number of hydrogen-bond acceptors (Lipinski definition) is 5. The minimum Gasteiger partial charge on any atom is -0.481 e. The predicted octanol–water partition coefficient (Wildman–Crippen LogP) is 3.12. The molecule has 1 aromatic heterocycles. The van der Waals surface area contributed by atoms with Crippen molar-refractivity contribution < 1.29 is 9.90 Å². The van der Waals surface area contributed by atoms with Crippen LogP contribution in [0.1, 0.15) is 38.1 Å². The number of rotatable bonds is 5. The fourth-order valence-electron chi connectivity index (χ4n) is 1.82. The highest BCUT2D eigenvalue weighted by Gasteiger charge is 2.22. The molecule has 2 N–H and O–H groups in total. The lowest BCUT2D eigenvalue weighted by Gasteiger charge is -2.14. The van der Waals surface area contributed by atoms with Crippen molar-refractivity contribution in [1.82, 2.24) is 9.36 Å². The maximum atomic E-state index is 11.4. The second kappa shape index (κ2) is 6.22. The van der Waals surface area contributed by atoms with Gasteiger partial charge in [-0.15, -0.1) is 0 Å². The Hall–Kier alpha value is -1.95. The Balaban J connectivity index is 2.06. The summed E-state index contributed by atoms with van der Waals surface area (Å²) in [6.07, 6.45) is 0. The molecule has 0 saturated heterocycles. The molecule has 1 atom stereocenters. The molecule has 0 aliphatic heterocycles. The van der Waals surface area contributed by atoms with Crippen LogP contribution >= 0.6 is 11.5 Å². The SMILES string of the molecule is CC(C)(C)c1nsc(NCC(C(=O)O)c2ccccc2)n1. The van der Waals surface area contributed by atoms with Gasteiger partial charge in [-0.05, 0) is 5.56 Å². The summed E-state index contributed by atoms with van der Waals surface area (Å²) in [5.74, 6) is -0.691. The van der Waals surface area contributed by atoms with Gasteiger partial charge in [0, 0.05) is 23.5 Å². The van der Waals surface area contributed by atoms with Crippen molar-refractivity contribution in [2.75, 3.05) is 11.9 Å². The molecule has 0 aliphatic rings. The standard InChI is InChI=1S/C15H19N3O2S/c1-15(2,3)13-17-14(21-18-13)16-9-11(12(19)20)10-7-5-4-6-8-10/h4-8,11H,9H2,1-3H3,(H,19,20)(H,16,17,18). The van der Waals surface area contributed by atoms with Crippen LogP contribution in [-0.2, 0) is 10.2 Å². The summed E-state index contributed by atoms with van der Waals surface area (Å²) >= 11 is 1.26. The molecule has 2 rings (SSSR count). The quantitative estimate of drug-likeness (QED) is 0.887. The lowest BCUT2D eigenvalue weighted by Crippen LogP contribution is -2.21. The molecule has 1 unspecified atom stereocenters. The first-order valence-corrected chi connectivity index (χ1v) is 7.51. The zero-order valence-electron chi connectivity index (χ0n) is 12.3. The van der Waals surface area contributed by atoms with Crippen molar-refractivity contribution in [2.45, 2.75) is 32.1 Å². The summed E-state index contributed by atoms with van der Waals surface area (Å²) in [7, 11) is 0. The molecule has 0 radical (unpaired) electrons. The van der Waals surface area contributed by atoms with Crippen molar-refractivity contribution in [3.8, 4) is 0 Å². The molecule has 21 heavy (non-hydrogen) atoms. The molecule has 0 saturated carbocycles. The molecule has 0 fully saturated rings. The van der Waals surface area contributed by atoms with E-state index in [0.717, 1.165) is 11.4 Å². The van der Waals surface area contributed by atoms with Gasteiger partial charge in [-0.1, -0.05) is 51.1 Å². The van der Waals surface area contributed by atoms with Crippen LogP contribution in [-0.4, -0.2) is 27.0 Å². The maximum absolute atomic E-state index is 11.4. The third-order valence-corrected chi connectivity index (χ3v) is 3.73. The molecule has 2 aromatic rings. The second-order valence-electron chi connectivity index (χ2n) is 5.86. The van der Waals surface area contributed by atoms with Gasteiger partial charge in [0.05, 0.1) is 5.92 Å². The smallest absolute Gasteiger partial charge is 0.312 e. The first-order chi connectivity index (χ1) is 9.88. The van der Waals surface area contributed by atoms with E-state index in [4.69, 9.17) is 0 Å². The van der Waals surface area contributed by atoms with Gasteiger partial charge in [0.1, 0.15) is 5.82 Å². The Morgan fingerprint density at radius 1 is 1.33 bits per heavy atom. The third-order valence-electron chi connectivity index (χ3n) is 3.05. The topological polar surface area (TPSA) is 75.1 Å². The Kier molecular flexibility index (Phi) is 4.57. The number of carbonyl (C=O) groups is 1. The lowest BCUT2D eigenvalue weighted by atomic mass is 9.96. The third kappa shape index (κ3) is 4.01. The molecule has 0 spiro atoms. The van der Waals surface area contributed by atoms with E-state index in [1.54, 1.807) is 0 Å². The molecule has 6 heteroatoms. The minimum absolute atomic E-state index is 0.109. The van der Waals surface area contributed by atoms with Crippen LogP contribution in [0.3, 0.4) is 0 Å². The highest BCUT2D eigenvalue weighted by molar-refractivity contribution is 7.09. The lowest BCUT2D eigenvalue weighted by molar-refractivity contribution is -0.138. The Morgan fingerprint density at radius 2 is 2.00 bits per heavy atom. The Labute approximate surface area is 128 Å². The van der Waals surface area contributed by atoms with E-state index in [9.17, 15) is 9.90 Å². The molecule has 5 nitrogen and oxygen atoms in total. The number of aromatic nitrogens is 2. The summed E-state index contributed by atoms with van der Waals surface area (Å²) in [6, 6.07) is 9.19. The van der Waals surface area contributed by atoms with Crippen molar-refractivity contribution in [3.05, 3.63) is 41.7 Å². The van der Waals surface area contributed by atoms with Gasteiger partial charge in [-0.3, -0.25) is 4.79 Å². The van der Waals surface area contributed by atoms with Crippen molar-refractivity contribution in [3.63, 3.8) is 0 Å². The molecule has 0 bridgehead atoms. The number of aliphatic carboxylic acids is 1. The molecule has 112 valence electrons. The fraction of sp³-hybridized carbons (Fsp3) is 0.400. The summed E-state index contributed by atoms with van der Waals surface area (Å²) in [4.78, 5) is 15.8. The van der Waals surface area contributed by atoms with E-state index in [-0.39, 0.29) is 12.0 Å². The van der Waals surface area contributed by atoms with Gasteiger partial charge in [-0.25, -0.2) is 4.98 Å². The van der Waals surface area contributed by atoms with Crippen LogP contribution in [0.2, 0.25) is 0 Å². The number of carboxylic acid groups (broad SMARTS) is 1. The van der Waals surface area contributed by atoms with Gasteiger partial charge in [-0.2, -0.15) is 4.37 Å². The number of anilines is 1. The maximum Gasteiger partial charge on any atom is 0.312 e. The number of benzene rings is 1. The minimum atomic E-state index is -0.853. The van der Waals surface area contributed by atoms with Crippen molar-refractivity contribution in [1.29, 1.82) is 0 Å². The van der Waals surface area contributed by atoms with Crippen LogP contribution in [0.5, 0.6) is 0 Å². The molecule has 1 aromatic carbocycles. The van der Waals surface area contributed by atoms with Crippen molar-refractivity contribution >= 4 is 22.6 Å². The number of carboxylic acids is 1.